The molecule has 2 heterocycles. The first kappa shape index (κ1) is 19.7. The lowest BCUT2D eigenvalue weighted by molar-refractivity contribution is -0.120. The van der Waals surface area contributed by atoms with Crippen LogP contribution in [0, 0.1) is 5.92 Å². The van der Waals surface area contributed by atoms with Crippen LogP contribution in [0.2, 0.25) is 0 Å². The van der Waals surface area contributed by atoms with E-state index in [-0.39, 0.29) is 11.9 Å². The molecule has 2 aromatic carbocycles. The van der Waals surface area contributed by atoms with Crippen molar-refractivity contribution >= 4 is 11.6 Å². The number of carbonyl (C=O) groups is 1. The highest BCUT2D eigenvalue weighted by molar-refractivity contribution is 5.94. The summed E-state index contributed by atoms with van der Waals surface area (Å²) in [7, 11) is 0. The van der Waals surface area contributed by atoms with Gasteiger partial charge in [0.05, 0.1) is 19.3 Å². The van der Waals surface area contributed by atoms with E-state index >= 15 is 0 Å². The number of nitrogens with two attached hydrogens (primary N) is 1. The SMILES string of the molecule is CC(C(=O)Nc1ccc2c(c1)OCCCO2)N1C[C@@H](CN)[C@H](c2ccccc2)C1. The summed E-state index contributed by atoms with van der Waals surface area (Å²) in [5, 5.41) is 3.03. The number of fused-ring (bicyclic) bond motifs is 1. The third-order valence-electron chi connectivity index (χ3n) is 5.94. The van der Waals surface area contributed by atoms with Gasteiger partial charge in [-0.3, -0.25) is 9.69 Å². The molecule has 1 amide bonds. The van der Waals surface area contributed by atoms with Gasteiger partial charge in [0.2, 0.25) is 5.91 Å². The molecule has 0 saturated carbocycles. The monoisotopic (exact) mass is 395 g/mol. The Morgan fingerprint density at radius 1 is 1.14 bits per heavy atom. The Morgan fingerprint density at radius 3 is 2.66 bits per heavy atom. The van der Waals surface area contributed by atoms with E-state index in [0.29, 0.717) is 37.3 Å². The molecule has 6 nitrogen and oxygen atoms in total. The number of carbonyl (C=O) groups excluding carboxylic acids is 1. The summed E-state index contributed by atoms with van der Waals surface area (Å²) >= 11 is 0. The van der Waals surface area contributed by atoms with Crippen molar-refractivity contribution in [3.63, 3.8) is 0 Å². The molecule has 0 spiro atoms. The van der Waals surface area contributed by atoms with Gasteiger partial charge in [-0.1, -0.05) is 30.3 Å². The Morgan fingerprint density at radius 2 is 1.90 bits per heavy atom. The number of rotatable bonds is 5. The lowest BCUT2D eigenvalue weighted by Gasteiger charge is -2.24. The van der Waals surface area contributed by atoms with E-state index in [9.17, 15) is 4.79 Å². The fourth-order valence-corrected chi connectivity index (χ4v) is 4.19. The van der Waals surface area contributed by atoms with Gasteiger partial charge in [-0.15, -0.1) is 0 Å². The lowest BCUT2D eigenvalue weighted by atomic mass is 9.89. The smallest absolute Gasteiger partial charge is 0.241 e. The third kappa shape index (κ3) is 4.38. The van der Waals surface area contributed by atoms with Gasteiger partial charge in [0.15, 0.2) is 11.5 Å². The second-order valence-corrected chi connectivity index (χ2v) is 7.84. The Kier molecular flexibility index (Phi) is 6.02. The summed E-state index contributed by atoms with van der Waals surface area (Å²) in [6.07, 6.45) is 0.854. The summed E-state index contributed by atoms with van der Waals surface area (Å²) in [4.78, 5) is 15.1. The number of nitrogens with one attached hydrogen (secondary N) is 1. The van der Waals surface area contributed by atoms with E-state index in [1.807, 2.05) is 31.2 Å². The van der Waals surface area contributed by atoms with Crippen molar-refractivity contribution in [2.24, 2.45) is 11.7 Å². The number of ether oxygens (including phenoxy) is 2. The van der Waals surface area contributed by atoms with Crippen LogP contribution < -0.4 is 20.5 Å². The van der Waals surface area contributed by atoms with Crippen LogP contribution in [0.1, 0.15) is 24.8 Å². The first-order valence-electron chi connectivity index (χ1n) is 10.4. The van der Waals surface area contributed by atoms with E-state index in [1.165, 1.54) is 5.56 Å². The van der Waals surface area contributed by atoms with E-state index in [0.717, 1.165) is 30.9 Å². The zero-order valence-corrected chi connectivity index (χ0v) is 16.8. The molecule has 2 aliphatic rings. The van der Waals surface area contributed by atoms with Crippen molar-refractivity contribution in [2.75, 3.05) is 38.2 Å². The van der Waals surface area contributed by atoms with Gasteiger partial charge in [-0.2, -0.15) is 0 Å². The summed E-state index contributed by atoms with van der Waals surface area (Å²) in [6.45, 7) is 5.50. The van der Waals surface area contributed by atoms with E-state index in [2.05, 4.69) is 34.5 Å². The average Bonchev–Trinajstić information content (AvgIpc) is 3.05. The molecule has 0 bridgehead atoms. The Hall–Kier alpha value is -2.57. The average molecular weight is 396 g/mol. The van der Waals surface area contributed by atoms with Crippen molar-refractivity contribution in [1.82, 2.24) is 4.90 Å². The minimum Gasteiger partial charge on any atom is -0.490 e. The molecule has 0 aromatic heterocycles. The van der Waals surface area contributed by atoms with E-state index in [1.54, 1.807) is 0 Å². The van der Waals surface area contributed by atoms with Crippen molar-refractivity contribution in [3.8, 4) is 11.5 Å². The van der Waals surface area contributed by atoms with Gasteiger partial charge in [-0.25, -0.2) is 0 Å². The Labute approximate surface area is 172 Å². The number of amides is 1. The van der Waals surface area contributed by atoms with Gasteiger partial charge in [-0.05, 0) is 37.1 Å². The molecule has 0 radical (unpaired) electrons. The first-order chi connectivity index (χ1) is 14.2. The van der Waals surface area contributed by atoms with Gasteiger partial charge in [0.1, 0.15) is 0 Å². The molecule has 3 N–H and O–H groups in total. The molecular formula is C23H29N3O3. The largest absolute Gasteiger partial charge is 0.490 e. The van der Waals surface area contributed by atoms with Crippen LogP contribution in [0.15, 0.2) is 48.5 Å². The van der Waals surface area contributed by atoms with E-state index < -0.39 is 0 Å². The summed E-state index contributed by atoms with van der Waals surface area (Å²) in [5.41, 5.74) is 8.06. The molecule has 1 saturated heterocycles. The van der Waals surface area contributed by atoms with Crippen molar-refractivity contribution in [3.05, 3.63) is 54.1 Å². The molecule has 154 valence electrons. The number of anilines is 1. The van der Waals surface area contributed by atoms with Gasteiger partial charge in [0.25, 0.3) is 0 Å². The number of benzene rings is 2. The van der Waals surface area contributed by atoms with Crippen molar-refractivity contribution in [2.45, 2.75) is 25.3 Å². The molecule has 29 heavy (non-hydrogen) atoms. The van der Waals surface area contributed by atoms with Crippen molar-refractivity contribution in [1.29, 1.82) is 0 Å². The highest BCUT2D eigenvalue weighted by atomic mass is 16.5. The molecule has 4 rings (SSSR count). The minimum absolute atomic E-state index is 0.0241. The van der Waals surface area contributed by atoms with Crippen LogP contribution in [0.5, 0.6) is 11.5 Å². The Bertz CT molecular complexity index is 843. The zero-order chi connectivity index (χ0) is 20.2. The standard InChI is InChI=1S/C23H29N3O3/c1-16(26-14-18(13-24)20(15-26)17-6-3-2-4-7-17)23(27)25-19-8-9-21-22(12-19)29-11-5-10-28-21/h2-4,6-9,12,16,18,20H,5,10-11,13-15,24H2,1H3,(H,25,27)/t16?,18-,20+/m1/s1. The number of likely N-dealkylation sites (tertiary alicyclic amines) is 1. The molecular weight excluding hydrogens is 366 g/mol. The maximum absolute atomic E-state index is 12.9. The molecule has 1 unspecified atom stereocenters. The molecule has 2 aliphatic heterocycles. The summed E-state index contributed by atoms with van der Waals surface area (Å²) in [6, 6.07) is 15.8. The van der Waals surface area contributed by atoms with Crippen LogP contribution in [-0.4, -0.2) is 49.7 Å². The number of nitrogens with zero attached hydrogens (tertiary/aromatic N) is 1. The second kappa shape index (κ2) is 8.84. The quantitative estimate of drug-likeness (QED) is 0.814. The minimum atomic E-state index is -0.242. The number of hydrogen-bond acceptors (Lipinski definition) is 5. The first-order valence-corrected chi connectivity index (χ1v) is 10.4. The zero-order valence-electron chi connectivity index (χ0n) is 16.8. The topological polar surface area (TPSA) is 76.8 Å². The Balaban J connectivity index is 1.42. The highest BCUT2D eigenvalue weighted by Gasteiger charge is 2.36. The summed E-state index contributed by atoms with van der Waals surface area (Å²) in [5.74, 6) is 2.09. The van der Waals surface area contributed by atoms with Gasteiger partial charge < -0.3 is 20.5 Å². The van der Waals surface area contributed by atoms with Crippen LogP contribution in [0.3, 0.4) is 0 Å². The normalized spacial score (nSPS) is 22.7. The summed E-state index contributed by atoms with van der Waals surface area (Å²) < 4.78 is 11.4. The lowest BCUT2D eigenvalue weighted by Crippen LogP contribution is -2.41. The second-order valence-electron chi connectivity index (χ2n) is 7.84. The molecule has 3 atom stereocenters. The third-order valence-corrected chi connectivity index (χ3v) is 5.94. The maximum atomic E-state index is 12.9. The number of hydrogen-bond donors (Lipinski definition) is 2. The fraction of sp³-hybridized carbons (Fsp3) is 0.435. The van der Waals surface area contributed by atoms with Crippen molar-refractivity contribution < 1.29 is 14.3 Å². The molecule has 2 aromatic rings. The van der Waals surface area contributed by atoms with Crippen LogP contribution in [0.4, 0.5) is 5.69 Å². The fourth-order valence-electron chi connectivity index (χ4n) is 4.19. The predicted octanol–water partition coefficient (Wildman–Crippen LogP) is 2.85. The van der Waals surface area contributed by atoms with E-state index in [4.69, 9.17) is 15.2 Å². The highest BCUT2D eigenvalue weighted by Crippen LogP contribution is 2.34. The van der Waals surface area contributed by atoms with Crippen LogP contribution >= 0.6 is 0 Å². The predicted molar refractivity (Wildman–Crippen MR) is 113 cm³/mol. The van der Waals surface area contributed by atoms with Crippen LogP contribution in [0.25, 0.3) is 0 Å². The molecule has 1 fully saturated rings. The molecule has 0 aliphatic carbocycles. The molecule has 6 heteroatoms. The van der Waals surface area contributed by atoms with Gasteiger partial charge >= 0.3 is 0 Å². The van der Waals surface area contributed by atoms with Gasteiger partial charge in [0, 0.05) is 37.2 Å². The van der Waals surface area contributed by atoms with Crippen LogP contribution in [-0.2, 0) is 4.79 Å². The maximum Gasteiger partial charge on any atom is 0.241 e.